The van der Waals surface area contributed by atoms with Gasteiger partial charge in [0, 0.05) is 11.3 Å². The average Bonchev–Trinajstić information content (AvgIpc) is 2.76. The molecule has 6 nitrogen and oxygen atoms in total. The van der Waals surface area contributed by atoms with Gasteiger partial charge in [0.05, 0.1) is 6.61 Å². The van der Waals surface area contributed by atoms with Crippen LogP contribution in [0.3, 0.4) is 0 Å². The molecular formula is C11H11F2N3O3S. The number of halogens is 2. The van der Waals surface area contributed by atoms with Crippen molar-refractivity contribution < 1.29 is 22.3 Å². The van der Waals surface area contributed by atoms with Gasteiger partial charge in [-0.1, -0.05) is 6.07 Å². The van der Waals surface area contributed by atoms with E-state index in [1.54, 1.807) is 4.72 Å². The number of para-hydroxylation sites is 1. The van der Waals surface area contributed by atoms with Crippen LogP contribution in [0.1, 0.15) is 11.3 Å². The molecule has 108 valence electrons. The number of anilines is 1. The molecule has 0 amide bonds. The Hall–Kier alpha value is -2.00. The smallest absolute Gasteiger partial charge is 0.281 e. The van der Waals surface area contributed by atoms with Crippen molar-refractivity contribution >= 4 is 15.7 Å². The highest BCUT2D eigenvalue weighted by Gasteiger charge is 2.25. The van der Waals surface area contributed by atoms with Gasteiger partial charge in [-0.3, -0.25) is 9.82 Å². The molecule has 0 saturated carbocycles. The van der Waals surface area contributed by atoms with Crippen molar-refractivity contribution in [1.29, 1.82) is 0 Å². The molecule has 0 aliphatic carbocycles. The third kappa shape index (κ3) is 2.49. The fourth-order valence-electron chi connectivity index (χ4n) is 1.62. The number of hydrogen-bond acceptors (Lipinski definition) is 4. The first-order valence-corrected chi connectivity index (χ1v) is 6.96. The van der Waals surface area contributed by atoms with Crippen molar-refractivity contribution in [3.05, 3.63) is 41.1 Å². The predicted octanol–water partition coefficient (Wildman–Crippen LogP) is 1.29. The van der Waals surface area contributed by atoms with E-state index in [0.29, 0.717) is 5.69 Å². The van der Waals surface area contributed by atoms with E-state index in [-0.39, 0.29) is 5.56 Å². The van der Waals surface area contributed by atoms with Gasteiger partial charge < -0.3 is 5.11 Å². The van der Waals surface area contributed by atoms with Crippen molar-refractivity contribution in [2.75, 3.05) is 4.72 Å². The summed E-state index contributed by atoms with van der Waals surface area (Å²) in [5.74, 6) is -2.10. The van der Waals surface area contributed by atoms with Gasteiger partial charge in [-0.05, 0) is 19.1 Å². The lowest BCUT2D eigenvalue weighted by molar-refractivity contribution is 0.277. The van der Waals surface area contributed by atoms with Crippen molar-refractivity contribution in [2.45, 2.75) is 18.6 Å². The maximum atomic E-state index is 13.4. The second kappa shape index (κ2) is 5.17. The molecule has 2 aromatic rings. The lowest BCUT2D eigenvalue weighted by atomic mass is 10.3. The van der Waals surface area contributed by atoms with Crippen molar-refractivity contribution in [1.82, 2.24) is 10.2 Å². The van der Waals surface area contributed by atoms with Crippen LogP contribution in [0.25, 0.3) is 0 Å². The highest BCUT2D eigenvalue weighted by Crippen LogP contribution is 2.23. The summed E-state index contributed by atoms with van der Waals surface area (Å²) in [6, 6.07) is 2.95. The van der Waals surface area contributed by atoms with Crippen LogP contribution in [0.15, 0.2) is 23.2 Å². The molecule has 0 radical (unpaired) electrons. The molecule has 0 aliphatic heterocycles. The fourth-order valence-corrected chi connectivity index (χ4v) is 2.88. The molecule has 0 bridgehead atoms. The first kappa shape index (κ1) is 14.4. The summed E-state index contributed by atoms with van der Waals surface area (Å²) in [7, 11) is -4.31. The van der Waals surface area contributed by atoms with Crippen LogP contribution in [-0.2, 0) is 16.6 Å². The molecule has 0 spiro atoms. The fraction of sp³-hybridized carbons (Fsp3) is 0.182. The maximum absolute atomic E-state index is 13.4. The van der Waals surface area contributed by atoms with Crippen LogP contribution < -0.4 is 4.72 Å². The summed E-state index contributed by atoms with van der Waals surface area (Å²) < 4.78 is 52.8. The zero-order valence-electron chi connectivity index (χ0n) is 10.3. The number of nitrogens with zero attached hydrogens (tertiary/aromatic N) is 1. The van der Waals surface area contributed by atoms with Crippen LogP contribution in [0.5, 0.6) is 0 Å². The van der Waals surface area contributed by atoms with Crippen molar-refractivity contribution in [2.24, 2.45) is 0 Å². The monoisotopic (exact) mass is 303 g/mol. The standard InChI is InChI=1S/C11H11F2N3O3S/c1-6-7(5-17)11(15-14-6)20(18,19)16-10-8(12)3-2-4-9(10)13/h2-4,16-17H,5H2,1H3,(H,14,15). The van der Waals surface area contributed by atoms with Gasteiger partial charge >= 0.3 is 0 Å². The van der Waals surface area contributed by atoms with E-state index >= 15 is 0 Å². The third-order valence-corrected chi connectivity index (χ3v) is 3.97. The Bertz CT molecular complexity index is 723. The van der Waals surface area contributed by atoms with E-state index in [9.17, 15) is 17.2 Å². The summed E-state index contributed by atoms with van der Waals surface area (Å²) in [6.45, 7) is 0.944. The van der Waals surface area contributed by atoms with Crippen LogP contribution >= 0.6 is 0 Å². The number of H-pyrrole nitrogens is 1. The van der Waals surface area contributed by atoms with E-state index in [1.165, 1.54) is 6.92 Å². The number of benzene rings is 1. The number of aromatic amines is 1. The van der Waals surface area contributed by atoms with Gasteiger partial charge in [0.1, 0.15) is 17.3 Å². The topological polar surface area (TPSA) is 95.1 Å². The largest absolute Gasteiger partial charge is 0.392 e. The second-order valence-corrected chi connectivity index (χ2v) is 5.59. The highest BCUT2D eigenvalue weighted by molar-refractivity contribution is 7.92. The average molecular weight is 303 g/mol. The highest BCUT2D eigenvalue weighted by atomic mass is 32.2. The van der Waals surface area contributed by atoms with Gasteiger partial charge in [-0.15, -0.1) is 0 Å². The van der Waals surface area contributed by atoms with Gasteiger partial charge in [0.15, 0.2) is 0 Å². The second-order valence-electron chi connectivity index (χ2n) is 3.99. The number of nitrogens with one attached hydrogen (secondary N) is 2. The summed E-state index contributed by atoms with van der Waals surface area (Å²) >= 11 is 0. The Morgan fingerprint density at radius 3 is 2.50 bits per heavy atom. The predicted molar refractivity (Wildman–Crippen MR) is 66.4 cm³/mol. The van der Waals surface area contributed by atoms with E-state index in [4.69, 9.17) is 5.11 Å². The van der Waals surface area contributed by atoms with Crippen molar-refractivity contribution in [3.8, 4) is 0 Å². The number of sulfonamides is 1. The van der Waals surface area contributed by atoms with Crippen LogP contribution in [0.2, 0.25) is 0 Å². The molecule has 1 aromatic heterocycles. The van der Waals surface area contributed by atoms with E-state index in [2.05, 4.69) is 10.2 Å². The Kier molecular flexibility index (Phi) is 3.73. The molecule has 2 rings (SSSR count). The quantitative estimate of drug-likeness (QED) is 0.793. The molecule has 0 aliphatic rings. The SMILES string of the molecule is Cc1[nH]nc(S(=O)(=O)Nc2c(F)cccc2F)c1CO. The van der Waals surface area contributed by atoms with E-state index in [0.717, 1.165) is 18.2 Å². The minimum Gasteiger partial charge on any atom is -0.392 e. The Morgan fingerprint density at radius 2 is 1.95 bits per heavy atom. The summed E-state index contributed by atoms with van der Waals surface area (Å²) in [5, 5.41) is 14.6. The number of aliphatic hydroxyl groups excluding tert-OH is 1. The number of aryl methyl sites for hydroxylation is 1. The molecule has 1 heterocycles. The minimum atomic E-state index is -4.31. The number of rotatable bonds is 4. The zero-order valence-corrected chi connectivity index (χ0v) is 11.1. The van der Waals surface area contributed by atoms with Gasteiger partial charge in [-0.25, -0.2) is 8.78 Å². The first-order valence-electron chi connectivity index (χ1n) is 5.48. The van der Waals surface area contributed by atoms with Gasteiger partial charge in [0.2, 0.25) is 5.03 Å². The molecule has 0 fully saturated rings. The molecular weight excluding hydrogens is 292 g/mol. The van der Waals surface area contributed by atoms with E-state index in [1.807, 2.05) is 0 Å². The lowest BCUT2D eigenvalue weighted by Gasteiger charge is -2.08. The normalized spacial score (nSPS) is 11.6. The van der Waals surface area contributed by atoms with Crippen molar-refractivity contribution in [3.63, 3.8) is 0 Å². The zero-order chi connectivity index (χ0) is 14.9. The van der Waals surface area contributed by atoms with Crippen LogP contribution in [-0.4, -0.2) is 23.7 Å². The molecule has 3 N–H and O–H groups in total. The number of aromatic nitrogens is 2. The number of aliphatic hydroxyl groups is 1. The van der Waals surface area contributed by atoms with Crippen LogP contribution in [0.4, 0.5) is 14.5 Å². The Morgan fingerprint density at radius 1 is 1.35 bits per heavy atom. The maximum Gasteiger partial charge on any atom is 0.281 e. The Balaban J connectivity index is 2.46. The molecule has 0 unspecified atom stereocenters. The summed E-state index contributed by atoms with van der Waals surface area (Å²) in [6.07, 6.45) is 0. The van der Waals surface area contributed by atoms with Gasteiger partial charge in [-0.2, -0.15) is 13.5 Å². The summed E-state index contributed by atoms with van der Waals surface area (Å²) in [4.78, 5) is 0. The minimum absolute atomic E-state index is 0.0363. The molecule has 9 heteroatoms. The number of hydrogen-bond donors (Lipinski definition) is 3. The lowest BCUT2D eigenvalue weighted by Crippen LogP contribution is -2.17. The first-order chi connectivity index (χ1) is 9.36. The van der Waals surface area contributed by atoms with E-state index < -0.39 is 39.0 Å². The molecule has 0 saturated heterocycles. The molecule has 1 aromatic carbocycles. The third-order valence-electron chi connectivity index (χ3n) is 2.65. The van der Waals surface area contributed by atoms with Gasteiger partial charge in [0.25, 0.3) is 10.0 Å². The van der Waals surface area contributed by atoms with Crippen LogP contribution in [0, 0.1) is 18.6 Å². The summed E-state index contributed by atoms with van der Waals surface area (Å²) in [5.41, 5.74) is -0.409. The molecule has 20 heavy (non-hydrogen) atoms. The molecule has 0 atom stereocenters. The Labute approximate surface area is 113 Å².